The van der Waals surface area contributed by atoms with Gasteiger partial charge in [0.05, 0.1) is 0 Å². The molecule has 0 radical (unpaired) electrons. The topological polar surface area (TPSA) is 15.3 Å². The highest BCUT2D eigenvalue weighted by molar-refractivity contribution is 5.20. The van der Waals surface area contributed by atoms with Gasteiger partial charge in [-0.05, 0) is 50.3 Å². The lowest BCUT2D eigenvalue weighted by Crippen LogP contribution is -2.52. The largest absolute Gasteiger partial charge is 0.312 e. The molecule has 2 heterocycles. The van der Waals surface area contributed by atoms with E-state index < -0.39 is 0 Å². The first-order chi connectivity index (χ1) is 10.3. The lowest BCUT2D eigenvalue weighted by Gasteiger charge is -2.45. The Labute approximate surface area is 129 Å². The summed E-state index contributed by atoms with van der Waals surface area (Å²) in [5, 5.41) is 3.76. The fourth-order valence-electron chi connectivity index (χ4n) is 4.41. The van der Waals surface area contributed by atoms with Crippen LogP contribution in [0.2, 0.25) is 0 Å². The standard InChI is InChI=1S/C19H30N2/c1-15(2)19(16-9-4-3-5-10-16)21-14-7-6-12-18(21)17-11-8-13-20-17/h3-5,9-10,15,17-20H,6-8,11-14H2,1-2H3. The van der Waals surface area contributed by atoms with Crippen LogP contribution in [0.3, 0.4) is 0 Å². The molecule has 21 heavy (non-hydrogen) atoms. The van der Waals surface area contributed by atoms with Gasteiger partial charge in [-0.3, -0.25) is 4.90 Å². The maximum atomic E-state index is 3.76. The van der Waals surface area contributed by atoms with Crippen molar-refractivity contribution in [1.29, 1.82) is 0 Å². The Morgan fingerprint density at radius 1 is 1.05 bits per heavy atom. The van der Waals surface area contributed by atoms with E-state index in [1.807, 2.05) is 0 Å². The van der Waals surface area contributed by atoms with Crippen molar-refractivity contribution in [2.24, 2.45) is 5.92 Å². The van der Waals surface area contributed by atoms with Crippen molar-refractivity contribution >= 4 is 0 Å². The van der Waals surface area contributed by atoms with Crippen LogP contribution in [0.5, 0.6) is 0 Å². The van der Waals surface area contributed by atoms with E-state index in [1.54, 1.807) is 0 Å². The van der Waals surface area contributed by atoms with Gasteiger partial charge in [0.1, 0.15) is 0 Å². The van der Waals surface area contributed by atoms with Crippen LogP contribution in [0.1, 0.15) is 57.6 Å². The molecule has 1 aromatic carbocycles. The van der Waals surface area contributed by atoms with Crippen LogP contribution in [0.4, 0.5) is 0 Å². The molecule has 1 aromatic rings. The van der Waals surface area contributed by atoms with Crippen LogP contribution in [0, 0.1) is 5.92 Å². The van der Waals surface area contributed by atoms with Crippen molar-refractivity contribution < 1.29 is 0 Å². The molecule has 2 aliphatic heterocycles. The second kappa shape index (κ2) is 6.93. The van der Waals surface area contributed by atoms with E-state index in [1.165, 1.54) is 50.8 Å². The predicted octanol–water partition coefficient (Wildman–Crippen LogP) is 3.99. The quantitative estimate of drug-likeness (QED) is 0.900. The van der Waals surface area contributed by atoms with E-state index in [4.69, 9.17) is 0 Å². The Kier molecular flexibility index (Phi) is 4.97. The van der Waals surface area contributed by atoms with Crippen molar-refractivity contribution in [3.8, 4) is 0 Å². The van der Waals surface area contributed by atoms with Gasteiger partial charge in [-0.2, -0.15) is 0 Å². The highest BCUT2D eigenvalue weighted by Crippen LogP contribution is 2.36. The van der Waals surface area contributed by atoms with E-state index in [9.17, 15) is 0 Å². The van der Waals surface area contributed by atoms with Crippen molar-refractivity contribution in [2.45, 2.75) is 64.1 Å². The van der Waals surface area contributed by atoms with Crippen molar-refractivity contribution in [1.82, 2.24) is 10.2 Å². The van der Waals surface area contributed by atoms with Gasteiger partial charge in [0.25, 0.3) is 0 Å². The molecule has 3 rings (SSSR count). The monoisotopic (exact) mass is 286 g/mol. The summed E-state index contributed by atoms with van der Waals surface area (Å²) in [5.41, 5.74) is 1.50. The summed E-state index contributed by atoms with van der Waals surface area (Å²) in [7, 11) is 0. The van der Waals surface area contributed by atoms with Crippen LogP contribution in [-0.4, -0.2) is 30.1 Å². The molecule has 3 atom stereocenters. The first kappa shape index (κ1) is 15.1. The Bertz CT molecular complexity index is 422. The molecular weight excluding hydrogens is 256 g/mol. The highest BCUT2D eigenvalue weighted by atomic mass is 15.2. The van der Waals surface area contributed by atoms with Gasteiger partial charge in [-0.1, -0.05) is 50.6 Å². The van der Waals surface area contributed by atoms with Gasteiger partial charge < -0.3 is 5.32 Å². The molecule has 2 fully saturated rings. The van der Waals surface area contributed by atoms with Crippen LogP contribution in [-0.2, 0) is 0 Å². The molecule has 2 nitrogen and oxygen atoms in total. The number of piperidine rings is 1. The van der Waals surface area contributed by atoms with Gasteiger partial charge in [-0.15, -0.1) is 0 Å². The SMILES string of the molecule is CC(C)C(c1ccccc1)N1CCCCC1C1CCCN1. The molecule has 0 saturated carbocycles. The fraction of sp³-hybridized carbons (Fsp3) is 0.684. The van der Waals surface area contributed by atoms with Crippen molar-refractivity contribution in [2.75, 3.05) is 13.1 Å². The lowest BCUT2D eigenvalue weighted by molar-refractivity contribution is 0.0503. The molecule has 2 aliphatic rings. The summed E-state index contributed by atoms with van der Waals surface area (Å²) in [4.78, 5) is 2.83. The molecule has 0 bridgehead atoms. The van der Waals surface area contributed by atoms with Crippen LogP contribution in [0.25, 0.3) is 0 Å². The maximum absolute atomic E-state index is 3.76. The molecule has 0 aliphatic carbocycles. The van der Waals surface area contributed by atoms with E-state index >= 15 is 0 Å². The minimum absolute atomic E-state index is 0.568. The number of rotatable bonds is 4. The average molecular weight is 286 g/mol. The first-order valence-corrected chi connectivity index (χ1v) is 8.81. The van der Waals surface area contributed by atoms with E-state index in [-0.39, 0.29) is 0 Å². The summed E-state index contributed by atoms with van der Waals surface area (Å²) in [6.45, 7) is 7.24. The lowest BCUT2D eigenvalue weighted by atomic mass is 9.87. The Morgan fingerprint density at radius 2 is 1.86 bits per heavy atom. The Hall–Kier alpha value is -0.860. The van der Waals surface area contributed by atoms with Crippen molar-refractivity contribution in [3.63, 3.8) is 0 Å². The zero-order valence-corrected chi connectivity index (χ0v) is 13.6. The number of hydrogen-bond acceptors (Lipinski definition) is 2. The zero-order valence-electron chi connectivity index (χ0n) is 13.6. The second-order valence-corrected chi connectivity index (χ2v) is 7.10. The highest BCUT2D eigenvalue weighted by Gasteiger charge is 2.36. The average Bonchev–Trinajstić information content (AvgIpc) is 3.03. The minimum atomic E-state index is 0.568. The summed E-state index contributed by atoms with van der Waals surface area (Å²) < 4.78 is 0. The smallest absolute Gasteiger partial charge is 0.0374 e. The van der Waals surface area contributed by atoms with Gasteiger partial charge >= 0.3 is 0 Å². The van der Waals surface area contributed by atoms with E-state index in [2.05, 4.69) is 54.4 Å². The molecule has 0 amide bonds. The Balaban J connectivity index is 1.85. The molecule has 116 valence electrons. The van der Waals surface area contributed by atoms with Crippen LogP contribution in [0.15, 0.2) is 30.3 Å². The third-order valence-corrected chi connectivity index (χ3v) is 5.28. The first-order valence-electron chi connectivity index (χ1n) is 8.81. The number of benzene rings is 1. The van der Waals surface area contributed by atoms with Gasteiger partial charge in [-0.25, -0.2) is 0 Å². The number of nitrogens with zero attached hydrogens (tertiary/aromatic N) is 1. The maximum Gasteiger partial charge on any atom is 0.0374 e. The normalized spacial score (nSPS) is 28.9. The van der Waals surface area contributed by atoms with E-state index in [0.717, 1.165) is 12.1 Å². The molecule has 3 unspecified atom stereocenters. The van der Waals surface area contributed by atoms with Gasteiger partial charge in [0.15, 0.2) is 0 Å². The molecule has 0 spiro atoms. The number of hydrogen-bond donors (Lipinski definition) is 1. The predicted molar refractivity (Wildman–Crippen MR) is 89.4 cm³/mol. The molecular formula is C19H30N2. The molecule has 1 N–H and O–H groups in total. The Morgan fingerprint density at radius 3 is 2.52 bits per heavy atom. The third kappa shape index (κ3) is 3.32. The van der Waals surface area contributed by atoms with Gasteiger partial charge in [0.2, 0.25) is 0 Å². The summed E-state index contributed by atoms with van der Waals surface area (Å²) in [6, 6.07) is 13.2. The zero-order chi connectivity index (χ0) is 14.7. The molecule has 2 heteroatoms. The minimum Gasteiger partial charge on any atom is -0.312 e. The molecule has 2 saturated heterocycles. The fourth-order valence-corrected chi connectivity index (χ4v) is 4.41. The van der Waals surface area contributed by atoms with Crippen molar-refractivity contribution in [3.05, 3.63) is 35.9 Å². The number of likely N-dealkylation sites (tertiary alicyclic amines) is 1. The summed E-state index contributed by atoms with van der Waals surface area (Å²) >= 11 is 0. The van der Waals surface area contributed by atoms with Crippen LogP contribution >= 0.6 is 0 Å². The summed E-state index contributed by atoms with van der Waals surface area (Å²) in [5.74, 6) is 0.661. The molecule has 0 aromatic heterocycles. The second-order valence-electron chi connectivity index (χ2n) is 7.10. The third-order valence-electron chi connectivity index (χ3n) is 5.28. The van der Waals surface area contributed by atoms with Gasteiger partial charge in [0, 0.05) is 18.1 Å². The number of nitrogens with one attached hydrogen (secondary N) is 1. The summed E-state index contributed by atoms with van der Waals surface area (Å²) in [6.07, 6.45) is 6.85. The van der Waals surface area contributed by atoms with Crippen LogP contribution < -0.4 is 5.32 Å². The van der Waals surface area contributed by atoms with E-state index in [0.29, 0.717) is 12.0 Å².